The Kier molecular flexibility index (Phi) is 1.12. The Morgan fingerprint density at radius 2 is 2.10 bits per heavy atom. The van der Waals surface area contributed by atoms with Gasteiger partial charge in [-0.25, -0.2) is 0 Å². The van der Waals surface area contributed by atoms with E-state index in [0.29, 0.717) is 0 Å². The summed E-state index contributed by atoms with van der Waals surface area (Å²) in [6.45, 7) is 1.48. The number of hydrogen-bond acceptors (Lipinski definition) is 2. The fraction of sp³-hybridized carbons (Fsp3) is 1.00. The number of fused-ring (bicyclic) bond motifs is 2. The van der Waals surface area contributed by atoms with Crippen LogP contribution in [0.2, 0.25) is 0 Å². The average Bonchev–Trinajstić information content (AvgIpc) is 1.86. The minimum Gasteiger partial charge on any atom is -0.324 e. The smallest absolute Gasteiger partial charge is 0.0964 e. The van der Waals surface area contributed by atoms with Crippen LogP contribution in [0.3, 0.4) is 0 Å². The number of rotatable bonds is 1. The molecule has 2 saturated heterocycles. The average molecular weight is 144 g/mol. The first-order chi connectivity index (χ1) is 4.68. The molecule has 0 aromatic heterocycles. The van der Waals surface area contributed by atoms with E-state index in [1.54, 1.807) is 0 Å². The third-order valence-corrected chi connectivity index (χ3v) is 2.71. The van der Waals surface area contributed by atoms with Gasteiger partial charge in [0.25, 0.3) is 0 Å². The summed E-state index contributed by atoms with van der Waals surface area (Å²) in [5, 5.41) is 3.15. The van der Waals surface area contributed by atoms with Gasteiger partial charge in [0.2, 0.25) is 0 Å². The fourth-order valence-electron chi connectivity index (χ4n) is 2.41. The highest BCUT2D eigenvalue weighted by Gasteiger charge is 2.55. The first-order valence-electron chi connectivity index (χ1n) is 3.74. The molecule has 2 bridgehead atoms. The van der Waals surface area contributed by atoms with Crippen molar-refractivity contribution in [2.24, 2.45) is 11.1 Å². The van der Waals surface area contributed by atoms with Gasteiger partial charge in [0, 0.05) is 24.0 Å². The van der Waals surface area contributed by atoms with Crippen molar-refractivity contribution in [3.05, 3.63) is 0 Å². The molecule has 0 spiro atoms. The first kappa shape index (κ1) is 6.55. The molecule has 2 aliphatic heterocycles. The second-order valence-electron chi connectivity index (χ2n) is 3.95. The fourth-order valence-corrected chi connectivity index (χ4v) is 2.41. The van der Waals surface area contributed by atoms with Crippen LogP contribution >= 0.6 is 0 Å². The zero-order valence-corrected chi connectivity index (χ0v) is 5.99. The van der Waals surface area contributed by atoms with Crippen LogP contribution in [0.15, 0.2) is 0 Å². The summed E-state index contributed by atoms with van der Waals surface area (Å²) in [5.74, 6) is 0. The highest BCUT2D eigenvalue weighted by Crippen LogP contribution is 2.49. The number of piperidine rings is 2. The molecule has 3 N–H and O–H groups in total. The Morgan fingerprint density at radius 3 is 2.50 bits per heavy atom. The van der Waals surface area contributed by atoms with Gasteiger partial charge in [0.1, 0.15) is 0 Å². The van der Waals surface area contributed by atoms with Crippen LogP contribution < -0.4 is 11.1 Å². The van der Waals surface area contributed by atoms with Gasteiger partial charge < -0.3 is 11.1 Å². The molecule has 3 rings (SSSR count). The maximum atomic E-state index is 12.4. The third-order valence-electron chi connectivity index (χ3n) is 2.71. The normalized spacial score (nSPS) is 52.2. The molecule has 2 nitrogen and oxygen atoms in total. The summed E-state index contributed by atoms with van der Waals surface area (Å²) in [5.41, 5.74) is 5.73. The van der Waals surface area contributed by atoms with E-state index in [4.69, 9.17) is 5.73 Å². The lowest BCUT2D eigenvalue weighted by molar-refractivity contribution is -0.0294. The van der Waals surface area contributed by atoms with Crippen LogP contribution in [0.25, 0.3) is 0 Å². The molecule has 58 valence electrons. The minimum absolute atomic E-state index is 0.0651. The number of alkyl halides is 1. The van der Waals surface area contributed by atoms with E-state index in [1.165, 1.54) is 0 Å². The Bertz CT molecular complexity index is 152. The zero-order valence-electron chi connectivity index (χ0n) is 5.99. The molecule has 0 atom stereocenters. The van der Waals surface area contributed by atoms with Crippen molar-refractivity contribution in [1.82, 2.24) is 5.32 Å². The molecule has 10 heavy (non-hydrogen) atoms. The molecule has 0 amide bonds. The van der Waals surface area contributed by atoms with E-state index in [1.807, 2.05) is 0 Å². The molecule has 0 aromatic carbocycles. The summed E-state index contributed by atoms with van der Waals surface area (Å²) in [7, 11) is 0. The Balaban J connectivity index is 2.08. The largest absolute Gasteiger partial charge is 0.324 e. The molecule has 0 radical (unpaired) electrons. The number of nitrogens with one attached hydrogen (secondary N) is 1. The van der Waals surface area contributed by atoms with Crippen LogP contribution in [0.5, 0.6) is 0 Å². The lowest BCUT2D eigenvalue weighted by Gasteiger charge is -2.58. The van der Waals surface area contributed by atoms with Gasteiger partial charge in [-0.1, -0.05) is 0 Å². The van der Waals surface area contributed by atoms with Crippen LogP contribution in [0.4, 0.5) is 4.39 Å². The van der Waals surface area contributed by atoms with Crippen molar-refractivity contribution in [1.29, 1.82) is 0 Å². The molecule has 3 aliphatic rings. The minimum atomic E-state index is -0.209. The van der Waals surface area contributed by atoms with Crippen molar-refractivity contribution < 1.29 is 4.39 Å². The predicted octanol–water partition coefficient (Wildman–Crippen LogP) is 0.0368. The highest BCUT2D eigenvalue weighted by molar-refractivity contribution is 5.12. The van der Waals surface area contributed by atoms with Crippen molar-refractivity contribution in [2.45, 2.75) is 18.4 Å². The quantitative estimate of drug-likeness (QED) is 0.545. The van der Waals surface area contributed by atoms with Gasteiger partial charge in [0.15, 0.2) is 0 Å². The topological polar surface area (TPSA) is 38.0 Å². The van der Waals surface area contributed by atoms with E-state index < -0.39 is 0 Å². The molecule has 3 heteroatoms. The SMILES string of the molecule is NC12CNCC(CF)(C1)C2. The number of hydrogen-bond donors (Lipinski definition) is 2. The van der Waals surface area contributed by atoms with Gasteiger partial charge in [-0.05, 0) is 12.8 Å². The first-order valence-corrected chi connectivity index (χ1v) is 3.74. The van der Waals surface area contributed by atoms with Crippen LogP contribution in [-0.2, 0) is 0 Å². The number of nitrogens with two attached hydrogens (primary N) is 1. The predicted molar refractivity (Wildman–Crippen MR) is 37.4 cm³/mol. The highest BCUT2D eigenvalue weighted by atomic mass is 19.1. The maximum Gasteiger partial charge on any atom is 0.0964 e. The van der Waals surface area contributed by atoms with Crippen LogP contribution in [0, 0.1) is 5.41 Å². The summed E-state index contributed by atoms with van der Waals surface area (Å²) >= 11 is 0. The van der Waals surface area contributed by atoms with E-state index >= 15 is 0 Å². The van der Waals surface area contributed by atoms with Crippen LogP contribution in [-0.4, -0.2) is 25.3 Å². The monoisotopic (exact) mass is 144 g/mol. The van der Waals surface area contributed by atoms with Crippen molar-refractivity contribution in [3.8, 4) is 0 Å². The Hall–Kier alpha value is -0.150. The second-order valence-corrected chi connectivity index (χ2v) is 3.95. The molecule has 0 aromatic rings. The van der Waals surface area contributed by atoms with Crippen LogP contribution in [0.1, 0.15) is 12.8 Å². The molecule has 1 aliphatic carbocycles. The maximum absolute atomic E-state index is 12.4. The third kappa shape index (κ3) is 0.705. The lowest BCUT2D eigenvalue weighted by Crippen LogP contribution is -2.71. The van der Waals surface area contributed by atoms with Gasteiger partial charge in [-0.3, -0.25) is 4.39 Å². The van der Waals surface area contributed by atoms with Crippen molar-refractivity contribution in [2.75, 3.05) is 19.8 Å². The lowest BCUT2D eigenvalue weighted by atomic mass is 9.56. The molecule has 1 saturated carbocycles. The Labute approximate surface area is 60.0 Å². The van der Waals surface area contributed by atoms with Gasteiger partial charge in [-0.15, -0.1) is 0 Å². The molecular formula is C7H13FN2. The summed E-state index contributed by atoms with van der Waals surface area (Å²) < 4.78 is 12.4. The van der Waals surface area contributed by atoms with Crippen molar-refractivity contribution >= 4 is 0 Å². The van der Waals surface area contributed by atoms with E-state index in [0.717, 1.165) is 25.9 Å². The second kappa shape index (κ2) is 1.71. The van der Waals surface area contributed by atoms with Gasteiger partial charge in [0.05, 0.1) is 6.67 Å². The van der Waals surface area contributed by atoms with Gasteiger partial charge >= 0.3 is 0 Å². The summed E-state index contributed by atoms with van der Waals surface area (Å²) in [6, 6.07) is 0. The van der Waals surface area contributed by atoms with E-state index in [9.17, 15) is 4.39 Å². The number of halogens is 1. The molecule has 3 fully saturated rings. The van der Waals surface area contributed by atoms with Gasteiger partial charge in [-0.2, -0.15) is 0 Å². The zero-order chi connectivity index (χ0) is 7.24. The standard InChI is InChI=1S/C7H13FN2/c8-3-6-1-7(9,2-6)5-10-4-6/h10H,1-5,9H2. The Morgan fingerprint density at radius 1 is 1.40 bits per heavy atom. The molecule has 2 heterocycles. The van der Waals surface area contributed by atoms with E-state index in [2.05, 4.69) is 5.32 Å². The van der Waals surface area contributed by atoms with E-state index in [-0.39, 0.29) is 17.6 Å². The summed E-state index contributed by atoms with van der Waals surface area (Å²) in [6.07, 6.45) is 1.76. The van der Waals surface area contributed by atoms with Crippen molar-refractivity contribution in [3.63, 3.8) is 0 Å². The molecular weight excluding hydrogens is 131 g/mol. The summed E-state index contributed by atoms with van der Waals surface area (Å²) in [4.78, 5) is 0. The molecule has 0 unspecified atom stereocenters.